The number of para-hydroxylation sites is 1. The number of thioether (sulfide) groups is 1. The molecule has 1 saturated carbocycles. The Morgan fingerprint density at radius 1 is 1.24 bits per heavy atom. The fourth-order valence-electron chi connectivity index (χ4n) is 3.31. The highest BCUT2D eigenvalue weighted by atomic mass is 32.2. The van der Waals surface area contributed by atoms with E-state index in [0.29, 0.717) is 22.0 Å². The fourth-order valence-corrected chi connectivity index (χ4v) is 4.12. The van der Waals surface area contributed by atoms with E-state index in [9.17, 15) is 14.0 Å². The number of carbonyl (C=O) groups excluding carboxylic acids is 1. The number of aromatic nitrogens is 2. The number of hydrogen-bond acceptors (Lipinski definition) is 4. The molecule has 0 saturated heterocycles. The molecule has 1 atom stereocenters. The van der Waals surface area contributed by atoms with Gasteiger partial charge in [0, 0.05) is 6.04 Å². The summed E-state index contributed by atoms with van der Waals surface area (Å²) in [6.07, 6.45) is 2.33. The maximum atomic E-state index is 13.2. The zero-order chi connectivity index (χ0) is 20.4. The lowest BCUT2D eigenvalue weighted by molar-refractivity contribution is -0.119. The van der Waals surface area contributed by atoms with E-state index in [2.05, 4.69) is 10.3 Å². The molecule has 3 aromatic rings. The van der Waals surface area contributed by atoms with Gasteiger partial charge in [-0.1, -0.05) is 36.0 Å². The van der Waals surface area contributed by atoms with Crippen molar-refractivity contribution in [2.24, 2.45) is 5.92 Å². The molecule has 0 aliphatic heterocycles. The number of halogens is 1. The van der Waals surface area contributed by atoms with Crippen LogP contribution in [0.25, 0.3) is 10.9 Å². The third-order valence-corrected chi connectivity index (χ3v) is 6.11. The van der Waals surface area contributed by atoms with Gasteiger partial charge in [0.05, 0.1) is 23.2 Å². The topological polar surface area (TPSA) is 64.0 Å². The lowest BCUT2D eigenvalue weighted by Gasteiger charge is -2.15. The lowest BCUT2D eigenvalue weighted by atomic mass is 10.2. The number of carbonyl (C=O) groups is 1. The summed E-state index contributed by atoms with van der Waals surface area (Å²) in [6.45, 7) is 2.29. The summed E-state index contributed by atoms with van der Waals surface area (Å²) >= 11 is 1.25. The minimum atomic E-state index is -0.325. The van der Waals surface area contributed by atoms with Crippen LogP contribution in [0, 0.1) is 11.7 Å². The van der Waals surface area contributed by atoms with Crippen molar-refractivity contribution >= 4 is 28.6 Å². The van der Waals surface area contributed by atoms with E-state index in [1.165, 1.54) is 23.9 Å². The van der Waals surface area contributed by atoms with Crippen LogP contribution in [-0.2, 0) is 11.3 Å². The van der Waals surface area contributed by atoms with E-state index in [4.69, 9.17) is 0 Å². The first-order valence-corrected chi connectivity index (χ1v) is 10.7. The van der Waals surface area contributed by atoms with Crippen molar-refractivity contribution in [3.63, 3.8) is 0 Å². The standard InChI is InChI=1S/C22H22FN3O2S/c1-14(16-8-9-16)24-20(27)13-29-22-25-19-5-3-2-4-18(19)21(28)26(22)12-15-6-10-17(23)11-7-15/h2-7,10-11,14,16H,8-9,12-13H2,1H3,(H,24,27)/t14-/m0/s1. The molecular weight excluding hydrogens is 389 g/mol. The molecule has 1 N–H and O–H groups in total. The van der Waals surface area contributed by atoms with E-state index in [0.717, 1.165) is 18.4 Å². The SMILES string of the molecule is C[C@H](NC(=O)CSc1nc2ccccc2c(=O)n1Cc1ccc(F)cc1)C1CC1. The molecule has 0 bridgehead atoms. The van der Waals surface area contributed by atoms with E-state index in [-0.39, 0.29) is 35.6 Å². The molecule has 1 aliphatic carbocycles. The second-order valence-corrected chi connectivity index (χ2v) is 8.35. The Hall–Kier alpha value is -2.67. The molecule has 0 spiro atoms. The van der Waals surface area contributed by atoms with Gasteiger partial charge in [0.15, 0.2) is 5.16 Å². The van der Waals surface area contributed by atoms with Crippen molar-refractivity contribution in [1.29, 1.82) is 0 Å². The molecule has 1 fully saturated rings. The Labute approximate surface area is 172 Å². The normalized spacial score (nSPS) is 14.7. The van der Waals surface area contributed by atoms with Crippen LogP contribution in [-0.4, -0.2) is 27.3 Å². The summed E-state index contributed by atoms with van der Waals surface area (Å²) < 4.78 is 14.8. The van der Waals surface area contributed by atoms with Crippen molar-refractivity contribution < 1.29 is 9.18 Å². The summed E-state index contributed by atoms with van der Waals surface area (Å²) in [7, 11) is 0. The third-order valence-electron chi connectivity index (χ3n) is 5.13. The van der Waals surface area contributed by atoms with Crippen molar-refractivity contribution in [3.05, 3.63) is 70.3 Å². The van der Waals surface area contributed by atoms with Crippen molar-refractivity contribution in [2.45, 2.75) is 37.5 Å². The van der Waals surface area contributed by atoms with Crippen LogP contribution >= 0.6 is 11.8 Å². The fraction of sp³-hybridized carbons (Fsp3) is 0.318. The molecule has 0 radical (unpaired) electrons. The maximum absolute atomic E-state index is 13.2. The zero-order valence-corrected chi connectivity index (χ0v) is 16.9. The number of fused-ring (bicyclic) bond motifs is 1. The number of hydrogen-bond donors (Lipinski definition) is 1. The predicted octanol–water partition coefficient (Wildman–Crippen LogP) is 3.59. The Kier molecular flexibility index (Phi) is 5.67. The minimum Gasteiger partial charge on any atom is -0.353 e. The Morgan fingerprint density at radius 2 is 1.97 bits per heavy atom. The van der Waals surface area contributed by atoms with Gasteiger partial charge >= 0.3 is 0 Å². The van der Waals surface area contributed by atoms with Crippen LogP contribution in [0.4, 0.5) is 4.39 Å². The predicted molar refractivity (Wildman–Crippen MR) is 113 cm³/mol. The van der Waals surface area contributed by atoms with Crippen LogP contribution in [0.5, 0.6) is 0 Å². The first-order valence-electron chi connectivity index (χ1n) is 9.67. The van der Waals surface area contributed by atoms with Crippen LogP contribution in [0.1, 0.15) is 25.3 Å². The summed E-state index contributed by atoms with van der Waals surface area (Å²) in [5, 5.41) is 4.02. The second kappa shape index (κ2) is 8.37. The average molecular weight is 412 g/mol. The molecule has 4 rings (SSSR count). The number of nitrogens with one attached hydrogen (secondary N) is 1. The lowest BCUT2D eigenvalue weighted by Crippen LogP contribution is -2.35. The highest BCUT2D eigenvalue weighted by Crippen LogP contribution is 2.32. The third kappa shape index (κ3) is 4.67. The van der Waals surface area contributed by atoms with Gasteiger partial charge in [-0.15, -0.1) is 0 Å². The summed E-state index contributed by atoms with van der Waals surface area (Å²) in [5.41, 5.74) is 1.22. The molecule has 1 amide bonds. The number of rotatable bonds is 7. The molecule has 5 nitrogen and oxygen atoms in total. The zero-order valence-electron chi connectivity index (χ0n) is 16.1. The molecule has 2 aromatic carbocycles. The summed E-state index contributed by atoms with van der Waals surface area (Å²) in [4.78, 5) is 30.0. The highest BCUT2D eigenvalue weighted by molar-refractivity contribution is 7.99. The van der Waals surface area contributed by atoms with E-state index < -0.39 is 0 Å². The smallest absolute Gasteiger partial charge is 0.262 e. The Morgan fingerprint density at radius 3 is 2.69 bits per heavy atom. The monoisotopic (exact) mass is 411 g/mol. The summed E-state index contributed by atoms with van der Waals surface area (Å²) in [5.74, 6) is 0.379. The van der Waals surface area contributed by atoms with Gasteiger partial charge in [0.2, 0.25) is 5.91 Å². The van der Waals surface area contributed by atoms with Crippen molar-refractivity contribution in [2.75, 3.05) is 5.75 Å². The molecule has 1 heterocycles. The van der Waals surface area contributed by atoms with Gasteiger partial charge in [-0.05, 0) is 55.5 Å². The first-order chi connectivity index (χ1) is 14.0. The van der Waals surface area contributed by atoms with E-state index in [1.807, 2.05) is 13.0 Å². The number of benzene rings is 2. The van der Waals surface area contributed by atoms with E-state index in [1.54, 1.807) is 34.9 Å². The minimum absolute atomic E-state index is 0.0647. The average Bonchev–Trinajstić information content (AvgIpc) is 3.56. The number of nitrogens with zero attached hydrogens (tertiary/aromatic N) is 2. The van der Waals surface area contributed by atoms with Crippen molar-refractivity contribution in [3.8, 4) is 0 Å². The maximum Gasteiger partial charge on any atom is 0.262 e. The number of amides is 1. The Balaban J connectivity index is 1.60. The van der Waals surface area contributed by atoms with Gasteiger partial charge in [-0.25, -0.2) is 9.37 Å². The largest absolute Gasteiger partial charge is 0.353 e. The molecule has 7 heteroatoms. The van der Waals surface area contributed by atoms with Gasteiger partial charge in [0.1, 0.15) is 5.82 Å². The van der Waals surface area contributed by atoms with Gasteiger partial charge in [-0.2, -0.15) is 0 Å². The van der Waals surface area contributed by atoms with Crippen LogP contribution in [0.2, 0.25) is 0 Å². The molecule has 1 aromatic heterocycles. The quantitative estimate of drug-likeness (QED) is 0.477. The molecule has 1 aliphatic rings. The molecule has 29 heavy (non-hydrogen) atoms. The summed E-state index contributed by atoms with van der Waals surface area (Å²) in [6, 6.07) is 13.4. The van der Waals surface area contributed by atoms with Crippen LogP contribution < -0.4 is 10.9 Å². The first kappa shape index (κ1) is 19.6. The van der Waals surface area contributed by atoms with E-state index >= 15 is 0 Å². The van der Waals surface area contributed by atoms with Crippen molar-refractivity contribution in [1.82, 2.24) is 14.9 Å². The molecular formula is C22H22FN3O2S. The molecule has 0 unspecified atom stereocenters. The Bertz CT molecular complexity index is 1090. The van der Waals surface area contributed by atoms with Crippen LogP contribution in [0.15, 0.2) is 58.5 Å². The van der Waals surface area contributed by atoms with Gasteiger partial charge < -0.3 is 5.32 Å². The van der Waals surface area contributed by atoms with Gasteiger partial charge in [0.25, 0.3) is 5.56 Å². The van der Waals surface area contributed by atoms with Crippen LogP contribution in [0.3, 0.4) is 0 Å². The molecule has 150 valence electrons. The highest BCUT2D eigenvalue weighted by Gasteiger charge is 2.28. The second-order valence-electron chi connectivity index (χ2n) is 7.41. The van der Waals surface area contributed by atoms with Gasteiger partial charge in [-0.3, -0.25) is 14.2 Å².